The molecule has 0 atom stereocenters. The first-order chi connectivity index (χ1) is 26.2. The minimum Gasteiger partial charge on any atom is -0.399 e. The molecule has 0 unspecified atom stereocenters. The van der Waals surface area contributed by atoms with E-state index in [-0.39, 0.29) is 11.7 Å². The molecule has 0 bridgehead atoms. The van der Waals surface area contributed by atoms with E-state index in [9.17, 15) is 4.79 Å². The zero-order chi connectivity index (χ0) is 38.5. The van der Waals surface area contributed by atoms with Gasteiger partial charge in [0.25, 0.3) is 0 Å². The van der Waals surface area contributed by atoms with E-state index in [1.54, 1.807) is 0 Å². The Balaban J connectivity index is 0.000000208. The number of amidine groups is 1. The predicted octanol–water partition coefficient (Wildman–Crippen LogP) is 5.50. The zero-order valence-electron chi connectivity index (χ0n) is 31.2. The van der Waals surface area contributed by atoms with Gasteiger partial charge in [-0.15, -0.1) is 14.8 Å². The quantitative estimate of drug-likeness (QED) is 0.0259. The number of nitrogen functional groups attached to an aromatic ring is 2. The van der Waals surface area contributed by atoms with Crippen molar-refractivity contribution in [3.05, 3.63) is 126 Å². The van der Waals surface area contributed by atoms with Crippen LogP contribution in [0.4, 0.5) is 22.7 Å². The van der Waals surface area contributed by atoms with Crippen molar-refractivity contribution in [1.82, 2.24) is 10.3 Å². The van der Waals surface area contributed by atoms with Crippen LogP contribution in [0.5, 0.6) is 0 Å². The van der Waals surface area contributed by atoms with E-state index < -0.39 is 0 Å². The van der Waals surface area contributed by atoms with E-state index in [0.717, 1.165) is 88.3 Å². The maximum absolute atomic E-state index is 12.1. The number of nitrogens with two attached hydrogens (primary N) is 4. The lowest BCUT2D eigenvalue weighted by atomic mass is 10.1. The van der Waals surface area contributed by atoms with Gasteiger partial charge in [-0.3, -0.25) is 4.79 Å². The molecule has 0 radical (unpaired) electrons. The smallest absolute Gasteiger partial charge is 0.239 e. The van der Waals surface area contributed by atoms with Gasteiger partial charge in [0.15, 0.2) is 5.84 Å². The van der Waals surface area contributed by atoms with Gasteiger partial charge in [-0.1, -0.05) is 42.5 Å². The summed E-state index contributed by atoms with van der Waals surface area (Å²) in [6.07, 6.45) is 2.30. The summed E-state index contributed by atoms with van der Waals surface area (Å²) >= 11 is 0. The summed E-state index contributed by atoms with van der Waals surface area (Å²) in [5.41, 5.74) is 33.3. The summed E-state index contributed by atoms with van der Waals surface area (Å²) in [5.74, 6) is 0.302. The highest BCUT2D eigenvalue weighted by Gasteiger charge is 2.20. The van der Waals surface area contributed by atoms with Gasteiger partial charge in [0, 0.05) is 92.2 Å². The molecule has 5 aromatic carbocycles. The van der Waals surface area contributed by atoms with Crippen LogP contribution < -0.4 is 42.6 Å². The summed E-state index contributed by atoms with van der Waals surface area (Å²) < 4.78 is 2.25. The second kappa shape index (κ2) is 18.7. The standard InChI is InChI=1S/C22H22N4.C20H27N7O/c1-3-25(4-2)18-11-13-20-22(15-18)26(17-8-6-5-7-9-17)21-14-16(23)10-12-19(21)24-20;1-27(18-10-8-17(22)9-11-18)12-2-3-19(28)24-13-15-4-6-16(7-5-15)20(23)26-25-14-21/h5-15,23H,3-4H2,1-2H3;4-11,14H,2-3,12-13,22H2,1H3,(H2,21,25)(H2,23,26)(H,24,28)/p+1. The minimum atomic E-state index is 0.0214. The molecule has 1 aromatic heterocycles. The third-order valence-corrected chi connectivity index (χ3v) is 9.03. The van der Waals surface area contributed by atoms with Crippen molar-refractivity contribution in [3.63, 3.8) is 0 Å². The second-order valence-electron chi connectivity index (χ2n) is 12.7. The van der Waals surface area contributed by atoms with Crippen LogP contribution in [-0.2, 0) is 11.3 Å². The largest absolute Gasteiger partial charge is 0.399 e. The van der Waals surface area contributed by atoms with Crippen molar-refractivity contribution < 1.29 is 9.36 Å². The predicted molar refractivity (Wildman–Crippen MR) is 224 cm³/mol. The van der Waals surface area contributed by atoms with E-state index in [4.69, 9.17) is 27.9 Å². The third kappa shape index (κ3) is 10.0. The Bertz CT molecular complexity index is 2200. The molecule has 6 aromatic rings. The van der Waals surface area contributed by atoms with Crippen LogP contribution in [0.3, 0.4) is 0 Å². The van der Waals surface area contributed by atoms with E-state index in [1.165, 1.54) is 5.69 Å². The topological polar surface area (TPSA) is 181 Å². The molecule has 0 aliphatic heterocycles. The van der Waals surface area contributed by atoms with E-state index >= 15 is 0 Å². The number of hydrogen-bond donors (Lipinski definition) is 5. The number of nitrogens with zero attached hydrogens (tertiary/aromatic N) is 6. The molecule has 0 aliphatic rings. The van der Waals surface area contributed by atoms with Gasteiger partial charge in [-0.2, -0.15) is 0 Å². The fourth-order valence-corrected chi connectivity index (χ4v) is 6.07. The van der Waals surface area contributed by atoms with E-state index in [0.29, 0.717) is 13.0 Å². The SMILES string of the molecule is CCN(CC)c1ccc2nc3ccc(N)cc3[n+](-c3ccccc3)c2c1.CN(CCCC(=O)NCc1ccc(/C(N)=N/N=C\N)cc1)c1ccc(N)cc1. The molecule has 6 rings (SSSR count). The summed E-state index contributed by atoms with van der Waals surface area (Å²) in [6, 6.07) is 37.9. The summed E-state index contributed by atoms with van der Waals surface area (Å²) in [4.78, 5) is 21.4. The molecule has 9 N–H and O–H groups in total. The van der Waals surface area contributed by atoms with Crippen molar-refractivity contribution in [2.45, 2.75) is 33.2 Å². The van der Waals surface area contributed by atoms with Crippen LogP contribution in [0.2, 0.25) is 0 Å². The molecule has 54 heavy (non-hydrogen) atoms. The van der Waals surface area contributed by atoms with Gasteiger partial charge in [0.05, 0.1) is 0 Å². The van der Waals surface area contributed by atoms with Gasteiger partial charge >= 0.3 is 0 Å². The summed E-state index contributed by atoms with van der Waals surface area (Å²) in [6.45, 7) is 7.56. The molecule has 12 heteroatoms. The fourth-order valence-electron chi connectivity index (χ4n) is 6.07. The number of aromatic nitrogens is 2. The molecule has 0 spiro atoms. The Morgan fingerprint density at radius 1 is 0.815 bits per heavy atom. The number of benzene rings is 5. The van der Waals surface area contributed by atoms with Gasteiger partial charge in [0.2, 0.25) is 22.6 Å². The van der Waals surface area contributed by atoms with E-state index in [2.05, 4.69) is 86.2 Å². The number of hydrogen-bond acceptors (Lipinski definition) is 8. The Labute approximate surface area is 316 Å². The van der Waals surface area contributed by atoms with Crippen molar-refractivity contribution in [2.24, 2.45) is 21.7 Å². The molecule has 1 amide bonds. The Hall–Kier alpha value is -6.69. The van der Waals surface area contributed by atoms with Crippen LogP contribution in [0.25, 0.3) is 27.8 Å². The van der Waals surface area contributed by atoms with Crippen LogP contribution in [0.15, 0.2) is 125 Å². The van der Waals surface area contributed by atoms with Crippen molar-refractivity contribution in [2.75, 3.05) is 47.9 Å². The van der Waals surface area contributed by atoms with Gasteiger partial charge < -0.3 is 38.1 Å². The number of para-hydroxylation sites is 1. The van der Waals surface area contributed by atoms with Crippen molar-refractivity contribution in [1.29, 1.82) is 0 Å². The number of amides is 1. The molecule has 278 valence electrons. The highest BCUT2D eigenvalue weighted by atomic mass is 16.1. The average molecular weight is 725 g/mol. The molecule has 0 saturated carbocycles. The van der Waals surface area contributed by atoms with Crippen LogP contribution in [-0.4, -0.2) is 49.7 Å². The van der Waals surface area contributed by atoms with Crippen LogP contribution >= 0.6 is 0 Å². The first kappa shape index (κ1) is 38.5. The molecule has 0 fully saturated rings. The molecule has 0 saturated heterocycles. The average Bonchev–Trinajstić information content (AvgIpc) is 3.19. The second-order valence-corrected chi connectivity index (χ2v) is 12.7. The van der Waals surface area contributed by atoms with Crippen LogP contribution in [0, 0.1) is 0 Å². The zero-order valence-corrected chi connectivity index (χ0v) is 31.2. The maximum Gasteiger partial charge on any atom is 0.239 e. The third-order valence-electron chi connectivity index (χ3n) is 9.03. The number of fused-ring (bicyclic) bond motifs is 2. The Morgan fingerprint density at radius 2 is 1.44 bits per heavy atom. The first-order valence-corrected chi connectivity index (χ1v) is 18.1. The fraction of sp³-hybridized carbons (Fsp3) is 0.214. The molecular weight excluding hydrogens is 675 g/mol. The number of rotatable bonds is 13. The number of nitrogens with one attached hydrogen (secondary N) is 1. The van der Waals surface area contributed by atoms with Crippen molar-refractivity contribution in [3.8, 4) is 5.69 Å². The number of carbonyl (C=O) groups excluding carboxylic acids is 1. The summed E-state index contributed by atoms with van der Waals surface area (Å²) in [5, 5.41) is 10.2. The minimum absolute atomic E-state index is 0.0214. The van der Waals surface area contributed by atoms with E-state index in [1.807, 2.05) is 79.8 Å². The van der Waals surface area contributed by atoms with Gasteiger partial charge in [-0.05, 0) is 74.4 Å². The molecule has 0 aliphatic carbocycles. The molecule has 12 nitrogen and oxygen atoms in total. The van der Waals surface area contributed by atoms with Gasteiger partial charge in [0.1, 0.15) is 17.4 Å². The normalized spacial score (nSPS) is 11.4. The maximum atomic E-state index is 12.1. The van der Waals surface area contributed by atoms with Crippen molar-refractivity contribution >= 4 is 62.9 Å². The summed E-state index contributed by atoms with van der Waals surface area (Å²) in [7, 11) is 2.00. The monoisotopic (exact) mass is 724 g/mol. The molecular formula is C42H50N11O+. The lowest BCUT2D eigenvalue weighted by Gasteiger charge is -2.20. The Kier molecular flexibility index (Phi) is 13.3. The first-order valence-electron chi connectivity index (χ1n) is 18.1. The Morgan fingerprint density at radius 3 is 2.11 bits per heavy atom. The highest BCUT2D eigenvalue weighted by Crippen LogP contribution is 2.24. The lowest BCUT2D eigenvalue weighted by Crippen LogP contribution is -2.33. The lowest BCUT2D eigenvalue weighted by molar-refractivity contribution is -0.538. The highest BCUT2D eigenvalue weighted by molar-refractivity contribution is 5.97. The number of carbonyl (C=O) groups is 1. The van der Waals surface area contributed by atoms with Crippen LogP contribution in [0.1, 0.15) is 37.8 Å². The van der Waals surface area contributed by atoms with Gasteiger partial charge in [-0.25, -0.2) is 4.98 Å². The number of anilines is 4. The molecule has 1 heterocycles.